The molecule has 54 valence electrons. The van der Waals surface area contributed by atoms with E-state index in [1.54, 1.807) is 0 Å². The Hall–Kier alpha value is -0.960. The number of hydrogen-bond donors (Lipinski definition) is 1. The molecule has 0 aliphatic heterocycles. The molecule has 0 aromatic rings. The number of carbonyl (C=O) groups is 2. The topological polar surface area (TPSA) is 60.2 Å². The summed E-state index contributed by atoms with van der Waals surface area (Å²) in [5.41, 5.74) is 5.20. The van der Waals surface area contributed by atoms with Crippen molar-refractivity contribution >= 4 is 11.6 Å². The van der Waals surface area contributed by atoms with Gasteiger partial charge in [-0.3, -0.25) is 9.59 Å². The highest BCUT2D eigenvalue weighted by molar-refractivity contribution is 6.18. The molecule has 3 heteroatoms. The minimum absolute atomic E-state index is 0.101. The van der Waals surface area contributed by atoms with Crippen molar-refractivity contribution in [2.24, 2.45) is 11.7 Å². The summed E-state index contributed by atoms with van der Waals surface area (Å²) in [5, 5.41) is 0. The maximum Gasteiger partial charge on any atom is 0.166 e. The SMILES string of the molecule is NCCC1C(=O)C=CC1=O. The fraction of sp³-hybridized carbons (Fsp3) is 0.429. The molecule has 0 spiro atoms. The lowest BCUT2D eigenvalue weighted by Crippen LogP contribution is -2.19. The van der Waals surface area contributed by atoms with E-state index in [0.29, 0.717) is 13.0 Å². The average Bonchev–Trinajstić information content (AvgIpc) is 2.20. The molecule has 0 saturated carbocycles. The standard InChI is InChI=1S/C7H9NO2/c8-4-3-5-6(9)1-2-7(5)10/h1-2,5H,3-4,8H2. The number of ketones is 2. The Morgan fingerprint density at radius 2 is 1.80 bits per heavy atom. The maximum absolute atomic E-state index is 10.8. The highest BCUT2D eigenvalue weighted by atomic mass is 16.2. The monoisotopic (exact) mass is 139 g/mol. The number of rotatable bonds is 2. The van der Waals surface area contributed by atoms with E-state index >= 15 is 0 Å². The summed E-state index contributed by atoms with van der Waals surface area (Å²) in [6, 6.07) is 0. The van der Waals surface area contributed by atoms with Crippen molar-refractivity contribution in [3.05, 3.63) is 12.2 Å². The number of allylic oxidation sites excluding steroid dienone is 2. The van der Waals surface area contributed by atoms with Crippen molar-refractivity contribution in [1.29, 1.82) is 0 Å². The second-order valence-electron chi connectivity index (χ2n) is 2.27. The highest BCUT2D eigenvalue weighted by Crippen LogP contribution is 2.13. The zero-order chi connectivity index (χ0) is 7.56. The summed E-state index contributed by atoms with van der Waals surface area (Å²) in [5.74, 6) is -0.670. The van der Waals surface area contributed by atoms with Gasteiger partial charge in [0.2, 0.25) is 0 Å². The molecule has 3 nitrogen and oxygen atoms in total. The van der Waals surface area contributed by atoms with E-state index < -0.39 is 5.92 Å². The summed E-state index contributed by atoms with van der Waals surface area (Å²) in [4.78, 5) is 21.6. The van der Waals surface area contributed by atoms with Crippen LogP contribution in [0.4, 0.5) is 0 Å². The Kier molecular flexibility index (Phi) is 1.97. The van der Waals surface area contributed by atoms with Crippen LogP contribution in [-0.4, -0.2) is 18.1 Å². The van der Waals surface area contributed by atoms with E-state index in [2.05, 4.69) is 0 Å². The summed E-state index contributed by atoms with van der Waals surface area (Å²) < 4.78 is 0. The molecule has 0 atom stereocenters. The van der Waals surface area contributed by atoms with Crippen LogP contribution < -0.4 is 5.73 Å². The van der Waals surface area contributed by atoms with Crippen LogP contribution in [0.2, 0.25) is 0 Å². The van der Waals surface area contributed by atoms with Crippen LogP contribution in [-0.2, 0) is 9.59 Å². The van der Waals surface area contributed by atoms with Crippen LogP contribution in [0.25, 0.3) is 0 Å². The lowest BCUT2D eigenvalue weighted by molar-refractivity contribution is -0.125. The minimum Gasteiger partial charge on any atom is -0.330 e. The van der Waals surface area contributed by atoms with Gasteiger partial charge < -0.3 is 5.73 Å². The highest BCUT2D eigenvalue weighted by Gasteiger charge is 2.26. The second-order valence-corrected chi connectivity index (χ2v) is 2.27. The molecule has 0 heterocycles. The Bertz CT molecular complexity index is 178. The first-order chi connectivity index (χ1) is 4.75. The molecule has 0 aromatic carbocycles. The van der Waals surface area contributed by atoms with Crippen molar-refractivity contribution in [1.82, 2.24) is 0 Å². The molecule has 1 aliphatic rings. The fourth-order valence-corrected chi connectivity index (χ4v) is 0.988. The fourth-order valence-electron chi connectivity index (χ4n) is 0.988. The van der Waals surface area contributed by atoms with Crippen LogP contribution in [0, 0.1) is 5.92 Å². The Balaban J connectivity index is 2.60. The van der Waals surface area contributed by atoms with Crippen LogP contribution in [0.3, 0.4) is 0 Å². The summed E-state index contributed by atoms with van der Waals surface area (Å²) in [6.07, 6.45) is 3.12. The van der Waals surface area contributed by atoms with E-state index in [1.807, 2.05) is 0 Å². The molecule has 0 saturated heterocycles. The molecular formula is C7H9NO2. The molecule has 1 rings (SSSR count). The smallest absolute Gasteiger partial charge is 0.166 e. The van der Waals surface area contributed by atoms with Crippen molar-refractivity contribution in [2.75, 3.05) is 6.54 Å². The third kappa shape index (κ3) is 1.14. The quantitative estimate of drug-likeness (QED) is 0.532. The van der Waals surface area contributed by atoms with Gasteiger partial charge in [-0.1, -0.05) is 0 Å². The molecule has 0 bridgehead atoms. The minimum atomic E-state index is -0.468. The molecule has 0 aromatic heterocycles. The van der Waals surface area contributed by atoms with Gasteiger partial charge in [-0.15, -0.1) is 0 Å². The zero-order valence-corrected chi connectivity index (χ0v) is 5.54. The zero-order valence-electron chi connectivity index (χ0n) is 5.54. The van der Waals surface area contributed by atoms with Gasteiger partial charge in [0.15, 0.2) is 11.6 Å². The largest absolute Gasteiger partial charge is 0.330 e. The van der Waals surface area contributed by atoms with Crippen molar-refractivity contribution in [2.45, 2.75) is 6.42 Å². The Morgan fingerprint density at radius 3 is 2.20 bits per heavy atom. The molecular weight excluding hydrogens is 130 g/mol. The van der Waals surface area contributed by atoms with Crippen LogP contribution in [0.5, 0.6) is 0 Å². The van der Waals surface area contributed by atoms with Crippen LogP contribution >= 0.6 is 0 Å². The van der Waals surface area contributed by atoms with E-state index in [1.165, 1.54) is 12.2 Å². The molecule has 2 N–H and O–H groups in total. The predicted molar refractivity (Wildman–Crippen MR) is 36.3 cm³/mol. The van der Waals surface area contributed by atoms with Crippen molar-refractivity contribution < 1.29 is 9.59 Å². The van der Waals surface area contributed by atoms with Crippen molar-refractivity contribution in [3.63, 3.8) is 0 Å². The third-order valence-electron chi connectivity index (χ3n) is 1.55. The van der Waals surface area contributed by atoms with E-state index in [4.69, 9.17) is 5.73 Å². The first-order valence-corrected chi connectivity index (χ1v) is 3.21. The maximum atomic E-state index is 10.8. The predicted octanol–water partition coefficient (Wildman–Crippen LogP) is -0.341. The molecule has 0 amide bonds. The summed E-state index contributed by atoms with van der Waals surface area (Å²) in [7, 11) is 0. The third-order valence-corrected chi connectivity index (χ3v) is 1.55. The first kappa shape index (κ1) is 7.15. The summed E-state index contributed by atoms with van der Waals surface area (Å²) in [6.45, 7) is 0.393. The van der Waals surface area contributed by atoms with Gasteiger partial charge in [0.25, 0.3) is 0 Å². The number of carbonyl (C=O) groups excluding carboxylic acids is 2. The van der Waals surface area contributed by atoms with Gasteiger partial charge in [0.1, 0.15) is 0 Å². The van der Waals surface area contributed by atoms with Crippen molar-refractivity contribution in [3.8, 4) is 0 Å². The first-order valence-electron chi connectivity index (χ1n) is 3.21. The molecule has 0 radical (unpaired) electrons. The molecule has 10 heavy (non-hydrogen) atoms. The van der Waals surface area contributed by atoms with E-state index in [-0.39, 0.29) is 11.6 Å². The van der Waals surface area contributed by atoms with Gasteiger partial charge in [0.05, 0.1) is 5.92 Å². The lowest BCUT2D eigenvalue weighted by atomic mass is 10.0. The molecule has 0 fully saturated rings. The number of nitrogens with two attached hydrogens (primary N) is 1. The van der Waals surface area contributed by atoms with Gasteiger partial charge in [-0.25, -0.2) is 0 Å². The van der Waals surface area contributed by atoms with E-state index in [9.17, 15) is 9.59 Å². The number of hydrogen-bond acceptors (Lipinski definition) is 3. The van der Waals surface area contributed by atoms with Gasteiger partial charge in [0, 0.05) is 0 Å². The normalized spacial score (nSPS) is 18.9. The second kappa shape index (κ2) is 2.75. The van der Waals surface area contributed by atoms with Gasteiger partial charge >= 0.3 is 0 Å². The van der Waals surface area contributed by atoms with Gasteiger partial charge in [-0.05, 0) is 25.1 Å². The Morgan fingerprint density at radius 1 is 1.30 bits per heavy atom. The van der Waals surface area contributed by atoms with Gasteiger partial charge in [-0.2, -0.15) is 0 Å². The molecule has 1 aliphatic carbocycles. The van der Waals surface area contributed by atoms with E-state index in [0.717, 1.165) is 0 Å². The Labute approximate surface area is 58.9 Å². The molecule has 0 unspecified atom stereocenters. The van der Waals surface area contributed by atoms with Crippen LogP contribution in [0.15, 0.2) is 12.2 Å². The van der Waals surface area contributed by atoms with Crippen LogP contribution in [0.1, 0.15) is 6.42 Å². The average molecular weight is 139 g/mol. The summed E-state index contributed by atoms with van der Waals surface area (Å²) >= 11 is 0. The lowest BCUT2D eigenvalue weighted by Gasteiger charge is -2.01.